The van der Waals surface area contributed by atoms with Crippen LogP contribution in [0, 0.1) is 18.8 Å². The molecule has 4 atom stereocenters. The van der Waals surface area contributed by atoms with E-state index in [2.05, 4.69) is 44.7 Å². The van der Waals surface area contributed by atoms with Crippen LogP contribution >= 0.6 is 0 Å². The second-order valence-electron chi connectivity index (χ2n) is 8.81. The Morgan fingerprint density at radius 3 is 2.45 bits per heavy atom. The average molecular weight is 419 g/mol. The molecule has 3 aromatic rings. The van der Waals surface area contributed by atoms with E-state index in [9.17, 15) is 0 Å². The van der Waals surface area contributed by atoms with Crippen molar-refractivity contribution in [3.63, 3.8) is 0 Å². The van der Waals surface area contributed by atoms with E-state index in [-0.39, 0.29) is 12.1 Å². The van der Waals surface area contributed by atoms with Crippen molar-refractivity contribution in [2.75, 3.05) is 20.2 Å². The Morgan fingerprint density at radius 2 is 1.77 bits per heavy atom. The van der Waals surface area contributed by atoms with Gasteiger partial charge in [0.2, 0.25) is 5.88 Å². The average Bonchev–Trinajstić information content (AvgIpc) is 3.39. The van der Waals surface area contributed by atoms with Crippen LogP contribution in [0.1, 0.15) is 30.3 Å². The molecule has 0 spiro atoms. The zero-order valence-corrected chi connectivity index (χ0v) is 18.2. The first-order valence-electron chi connectivity index (χ1n) is 11.1. The Bertz CT molecular complexity index is 988. The highest BCUT2D eigenvalue weighted by Crippen LogP contribution is 2.43. The Labute approximate surface area is 183 Å². The van der Waals surface area contributed by atoms with Crippen LogP contribution in [0.4, 0.5) is 0 Å². The summed E-state index contributed by atoms with van der Waals surface area (Å²) < 4.78 is 14.0. The maximum atomic E-state index is 6.44. The first-order chi connectivity index (χ1) is 15.2. The molecular weight excluding hydrogens is 388 g/mol. The highest BCUT2D eigenvalue weighted by molar-refractivity contribution is 5.27. The van der Waals surface area contributed by atoms with E-state index in [1.165, 1.54) is 5.56 Å². The number of hydrogen-bond donors (Lipinski definition) is 0. The lowest BCUT2D eigenvalue weighted by molar-refractivity contribution is 0.0504. The van der Waals surface area contributed by atoms with Crippen LogP contribution < -0.4 is 9.47 Å². The van der Waals surface area contributed by atoms with Crippen molar-refractivity contribution in [1.82, 2.24) is 19.4 Å². The fourth-order valence-corrected chi connectivity index (χ4v) is 5.33. The first kappa shape index (κ1) is 20.1. The molecular formula is C25H30N4O2. The standard InChI is InChI=1S/C25H30N4O2/c1-18-26-11-12-29(18)23-13-20-16-28(15-19-6-8-22(30-2)9-7-19)17-21(20)14-24(23)31-25-5-3-4-10-27-25/h3-12,20-21,23-24H,13-17H2,1-2H3/t20-,21+,23-,24-/m0/s1. The molecule has 0 N–H and O–H groups in total. The summed E-state index contributed by atoms with van der Waals surface area (Å²) in [6, 6.07) is 14.6. The van der Waals surface area contributed by atoms with Crippen molar-refractivity contribution in [2.24, 2.45) is 11.8 Å². The smallest absolute Gasteiger partial charge is 0.213 e. The van der Waals surface area contributed by atoms with Crippen LogP contribution in [-0.2, 0) is 6.54 Å². The highest BCUT2D eigenvalue weighted by atomic mass is 16.5. The lowest BCUT2D eigenvalue weighted by Crippen LogP contribution is -2.40. The van der Waals surface area contributed by atoms with Crippen molar-refractivity contribution in [2.45, 2.75) is 38.5 Å². The third kappa shape index (κ3) is 4.30. The molecule has 2 aromatic heterocycles. The van der Waals surface area contributed by atoms with E-state index >= 15 is 0 Å². The van der Waals surface area contributed by atoms with Gasteiger partial charge in [0.05, 0.1) is 13.2 Å². The van der Waals surface area contributed by atoms with Crippen LogP contribution in [0.3, 0.4) is 0 Å². The molecule has 0 bridgehead atoms. The molecule has 0 unspecified atom stereocenters. The molecule has 1 aliphatic heterocycles. The van der Waals surface area contributed by atoms with Gasteiger partial charge in [0.15, 0.2) is 0 Å². The topological polar surface area (TPSA) is 52.4 Å². The van der Waals surface area contributed by atoms with Crippen molar-refractivity contribution in [3.05, 3.63) is 72.4 Å². The Morgan fingerprint density at radius 1 is 0.968 bits per heavy atom. The van der Waals surface area contributed by atoms with Crippen molar-refractivity contribution >= 4 is 0 Å². The van der Waals surface area contributed by atoms with E-state index < -0.39 is 0 Å². The molecule has 1 aromatic carbocycles. The van der Waals surface area contributed by atoms with Gasteiger partial charge in [-0.05, 0) is 55.4 Å². The van der Waals surface area contributed by atoms with Gasteiger partial charge in [0.1, 0.15) is 17.7 Å². The number of aromatic nitrogens is 3. The second kappa shape index (κ2) is 8.71. The zero-order valence-electron chi connectivity index (χ0n) is 18.2. The normalized spacial score (nSPS) is 25.9. The van der Waals surface area contributed by atoms with Crippen molar-refractivity contribution in [3.8, 4) is 11.6 Å². The first-order valence-corrected chi connectivity index (χ1v) is 11.1. The Balaban J connectivity index is 1.32. The second-order valence-corrected chi connectivity index (χ2v) is 8.81. The molecule has 0 amide bonds. The van der Waals surface area contributed by atoms with Crippen LogP contribution in [0.25, 0.3) is 0 Å². The highest BCUT2D eigenvalue weighted by Gasteiger charge is 2.44. The monoisotopic (exact) mass is 418 g/mol. The third-order valence-corrected chi connectivity index (χ3v) is 6.86. The Hall–Kier alpha value is -2.86. The van der Waals surface area contributed by atoms with Gasteiger partial charge < -0.3 is 14.0 Å². The summed E-state index contributed by atoms with van der Waals surface area (Å²) in [6.07, 6.45) is 8.04. The minimum atomic E-state index is 0.102. The summed E-state index contributed by atoms with van der Waals surface area (Å²) in [4.78, 5) is 11.5. The SMILES string of the molecule is COc1ccc(CN2C[C@H]3C[C@H](Oc4ccccn4)[C@@H](n4ccnc4C)C[C@H]3C2)cc1. The van der Waals surface area contributed by atoms with E-state index in [0.717, 1.165) is 44.0 Å². The van der Waals surface area contributed by atoms with Crippen LogP contribution in [0.5, 0.6) is 11.6 Å². The predicted octanol–water partition coefficient (Wildman–Crippen LogP) is 4.13. The van der Waals surface area contributed by atoms with Gasteiger partial charge in [-0.2, -0.15) is 0 Å². The quantitative estimate of drug-likeness (QED) is 0.603. The van der Waals surface area contributed by atoms with Gasteiger partial charge in [0.25, 0.3) is 0 Å². The molecule has 2 aliphatic rings. The van der Waals surface area contributed by atoms with Crippen molar-refractivity contribution < 1.29 is 9.47 Å². The van der Waals surface area contributed by atoms with Crippen molar-refractivity contribution in [1.29, 1.82) is 0 Å². The maximum Gasteiger partial charge on any atom is 0.213 e. The van der Waals surface area contributed by atoms with Gasteiger partial charge in [0, 0.05) is 44.3 Å². The molecule has 2 fully saturated rings. The van der Waals surface area contributed by atoms with Gasteiger partial charge in [-0.3, -0.25) is 4.90 Å². The number of benzene rings is 1. The summed E-state index contributed by atoms with van der Waals surface area (Å²) in [5.74, 6) is 3.99. The van der Waals surface area contributed by atoms with E-state index in [0.29, 0.717) is 17.7 Å². The molecule has 0 radical (unpaired) electrons. The molecule has 31 heavy (non-hydrogen) atoms. The number of methoxy groups -OCH3 is 1. The van der Waals surface area contributed by atoms with Gasteiger partial charge >= 0.3 is 0 Å². The summed E-state index contributed by atoms with van der Waals surface area (Å²) >= 11 is 0. The van der Waals surface area contributed by atoms with E-state index in [1.54, 1.807) is 13.3 Å². The number of pyridine rings is 1. The lowest BCUT2D eigenvalue weighted by atomic mass is 9.77. The third-order valence-electron chi connectivity index (χ3n) is 6.86. The lowest BCUT2D eigenvalue weighted by Gasteiger charge is -2.38. The number of fused-ring (bicyclic) bond motifs is 1. The number of imidazole rings is 1. The summed E-state index contributed by atoms with van der Waals surface area (Å²) in [6.45, 7) is 5.32. The number of hydrogen-bond acceptors (Lipinski definition) is 5. The van der Waals surface area contributed by atoms with Gasteiger partial charge in [-0.15, -0.1) is 0 Å². The molecule has 5 rings (SSSR count). The fraction of sp³-hybridized carbons (Fsp3) is 0.440. The number of rotatable bonds is 6. The van der Waals surface area contributed by atoms with Crippen LogP contribution in [0.2, 0.25) is 0 Å². The number of nitrogens with zero attached hydrogens (tertiary/aromatic N) is 4. The zero-order chi connectivity index (χ0) is 21.2. The number of likely N-dealkylation sites (tertiary alicyclic amines) is 1. The van der Waals surface area contributed by atoms with Crippen LogP contribution in [0.15, 0.2) is 61.1 Å². The molecule has 1 saturated carbocycles. The summed E-state index contributed by atoms with van der Waals surface area (Å²) in [7, 11) is 1.71. The minimum Gasteiger partial charge on any atom is -0.497 e. The minimum absolute atomic E-state index is 0.102. The van der Waals surface area contributed by atoms with E-state index in [1.807, 2.05) is 36.5 Å². The van der Waals surface area contributed by atoms with E-state index in [4.69, 9.17) is 9.47 Å². The predicted molar refractivity (Wildman–Crippen MR) is 119 cm³/mol. The molecule has 6 heteroatoms. The summed E-state index contributed by atoms with van der Waals surface area (Å²) in [5.41, 5.74) is 1.34. The molecule has 162 valence electrons. The molecule has 1 aliphatic carbocycles. The Kier molecular flexibility index (Phi) is 5.64. The number of ether oxygens (including phenoxy) is 2. The van der Waals surface area contributed by atoms with Crippen LogP contribution in [-0.4, -0.2) is 45.7 Å². The maximum absolute atomic E-state index is 6.44. The number of aryl methyl sites for hydroxylation is 1. The molecule has 3 heterocycles. The largest absolute Gasteiger partial charge is 0.497 e. The van der Waals surface area contributed by atoms with Gasteiger partial charge in [-0.1, -0.05) is 18.2 Å². The molecule has 1 saturated heterocycles. The molecule has 6 nitrogen and oxygen atoms in total. The van der Waals surface area contributed by atoms with Gasteiger partial charge in [-0.25, -0.2) is 9.97 Å². The fourth-order valence-electron chi connectivity index (χ4n) is 5.33. The summed E-state index contributed by atoms with van der Waals surface area (Å²) in [5, 5.41) is 0.